The van der Waals surface area contributed by atoms with Crippen molar-refractivity contribution in [2.24, 2.45) is 5.10 Å². The van der Waals surface area contributed by atoms with Crippen molar-refractivity contribution >= 4 is 29.6 Å². The molecule has 0 bridgehead atoms. The molecule has 0 N–H and O–H groups in total. The first-order valence-corrected chi connectivity index (χ1v) is 12.3. The van der Waals surface area contributed by atoms with Crippen LogP contribution in [0.15, 0.2) is 72.1 Å². The fraction of sp³-hybridized carbons (Fsp3) is 0.259. The Kier molecular flexibility index (Phi) is 7.62. The van der Waals surface area contributed by atoms with Gasteiger partial charge in [-0.25, -0.2) is 5.01 Å². The maximum atomic E-state index is 13.2. The van der Waals surface area contributed by atoms with Gasteiger partial charge in [0.15, 0.2) is 11.5 Å². The fourth-order valence-corrected chi connectivity index (χ4v) is 4.30. The number of benzene rings is 2. The van der Waals surface area contributed by atoms with Crippen molar-refractivity contribution in [2.75, 3.05) is 39.5 Å². The maximum Gasteiger partial charge on any atom is 0.274 e. The van der Waals surface area contributed by atoms with E-state index < -0.39 is 0 Å². The summed E-state index contributed by atoms with van der Waals surface area (Å²) < 4.78 is 10.9. The predicted octanol–water partition coefficient (Wildman–Crippen LogP) is 3.28. The molecule has 0 atom stereocenters. The number of halogens is 1. The number of nitrogens with zero attached hydrogens (tertiary/aromatic N) is 5. The zero-order valence-electron chi connectivity index (χ0n) is 20.1. The average Bonchev–Trinajstić information content (AvgIpc) is 3.40. The molecule has 0 spiro atoms. The summed E-state index contributed by atoms with van der Waals surface area (Å²) in [7, 11) is 0. The fourth-order valence-electron chi connectivity index (χ4n) is 4.17. The highest BCUT2D eigenvalue weighted by Gasteiger charge is 2.25. The van der Waals surface area contributed by atoms with Crippen LogP contribution >= 0.6 is 11.6 Å². The Morgan fingerprint density at radius 1 is 0.973 bits per heavy atom. The molecule has 2 aliphatic heterocycles. The summed E-state index contributed by atoms with van der Waals surface area (Å²) in [6, 6.07) is 16.2. The van der Waals surface area contributed by atoms with Crippen molar-refractivity contribution in [1.29, 1.82) is 0 Å². The second kappa shape index (κ2) is 11.4. The molecule has 3 aromatic rings. The molecular formula is C27H26ClN5O4. The molecule has 0 saturated carbocycles. The minimum atomic E-state index is -0.373. The molecule has 1 aromatic heterocycles. The highest BCUT2D eigenvalue weighted by atomic mass is 35.5. The molecule has 0 radical (unpaired) electrons. The molecule has 3 heterocycles. The molecular weight excluding hydrogens is 494 g/mol. The van der Waals surface area contributed by atoms with E-state index in [9.17, 15) is 9.59 Å². The van der Waals surface area contributed by atoms with Crippen LogP contribution in [0.4, 0.5) is 0 Å². The van der Waals surface area contributed by atoms with Gasteiger partial charge in [-0.3, -0.25) is 19.5 Å². The summed E-state index contributed by atoms with van der Waals surface area (Å²) in [4.78, 5) is 34.3. The van der Waals surface area contributed by atoms with Crippen LogP contribution in [0.1, 0.15) is 21.5 Å². The summed E-state index contributed by atoms with van der Waals surface area (Å²) in [5, 5.41) is 6.16. The van der Waals surface area contributed by atoms with Gasteiger partial charge in [0.2, 0.25) is 12.7 Å². The smallest absolute Gasteiger partial charge is 0.274 e. The van der Waals surface area contributed by atoms with E-state index in [1.165, 1.54) is 17.4 Å². The summed E-state index contributed by atoms with van der Waals surface area (Å²) in [5.41, 5.74) is 2.31. The molecule has 9 nitrogen and oxygen atoms in total. The molecule has 0 aliphatic carbocycles. The predicted molar refractivity (Wildman–Crippen MR) is 139 cm³/mol. The van der Waals surface area contributed by atoms with Crippen LogP contribution in [0.25, 0.3) is 0 Å². The number of carbonyl (C=O) groups excluding carboxylic acids is 2. The summed E-state index contributed by atoms with van der Waals surface area (Å²) in [6.07, 6.45) is 4.62. The normalized spacial score (nSPS) is 15.2. The number of carbonyl (C=O) groups is 2. The third-order valence-electron chi connectivity index (χ3n) is 6.23. The van der Waals surface area contributed by atoms with Crippen LogP contribution in [-0.2, 0) is 11.3 Å². The van der Waals surface area contributed by atoms with Crippen LogP contribution < -0.4 is 9.47 Å². The number of hydrogen-bond acceptors (Lipinski definition) is 7. The maximum absolute atomic E-state index is 13.2. The monoisotopic (exact) mass is 519 g/mol. The number of fused-ring (bicyclic) bond motifs is 1. The second-order valence-electron chi connectivity index (χ2n) is 8.74. The van der Waals surface area contributed by atoms with Gasteiger partial charge in [0.25, 0.3) is 5.91 Å². The van der Waals surface area contributed by atoms with Crippen LogP contribution in [0.5, 0.6) is 11.5 Å². The first-order valence-electron chi connectivity index (χ1n) is 12.0. The van der Waals surface area contributed by atoms with Crippen LogP contribution in [0.3, 0.4) is 0 Å². The molecule has 190 valence electrons. The van der Waals surface area contributed by atoms with Crippen molar-refractivity contribution in [3.63, 3.8) is 0 Å². The lowest BCUT2D eigenvalue weighted by atomic mass is 10.1. The van der Waals surface area contributed by atoms with Crippen molar-refractivity contribution < 1.29 is 19.1 Å². The van der Waals surface area contributed by atoms with Crippen LogP contribution in [0, 0.1) is 0 Å². The Morgan fingerprint density at radius 3 is 2.46 bits per heavy atom. The average molecular weight is 520 g/mol. The Bertz CT molecular complexity index is 1280. The van der Waals surface area contributed by atoms with Gasteiger partial charge in [-0.1, -0.05) is 29.8 Å². The molecule has 2 aromatic carbocycles. The highest BCUT2D eigenvalue weighted by Crippen LogP contribution is 2.32. The Morgan fingerprint density at radius 2 is 1.70 bits per heavy atom. The zero-order chi connectivity index (χ0) is 25.6. The summed E-state index contributed by atoms with van der Waals surface area (Å²) in [6.45, 7) is 3.45. The van der Waals surface area contributed by atoms with Crippen molar-refractivity contribution in [3.05, 3.63) is 88.7 Å². The molecule has 1 fully saturated rings. The van der Waals surface area contributed by atoms with Crippen molar-refractivity contribution in [1.82, 2.24) is 19.8 Å². The number of hydrazone groups is 1. The largest absolute Gasteiger partial charge is 0.454 e. The Balaban J connectivity index is 1.21. The molecule has 1 saturated heterocycles. The van der Waals surface area contributed by atoms with E-state index in [1.807, 2.05) is 18.2 Å². The Labute approximate surface area is 219 Å². The quantitative estimate of drug-likeness (QED) is 0.352. The number of piperazine rings is 1. The zero-order valence-corrected chi connectivity index (χ0v) is 20.9. The van der Waals surface area contributed by atoms with E-state index in [2.05, 4.69) is 15.0 Å². The van der Waals surface area contributed by atoms with Gasteiger partial charge < -0.3 is 14.4 Å². The lowest BCUT2D eigenvalue weighted by molar-refractivity contribution is -0.133. The third kappa shape index (κ3) is 6.25. The van der Waals surface area contributed by atoms with E-state index in [4.69, 9.17) is 21.1 Å². The SMILES string of the molecule is O=C(CN(/N=C/c1ccc(Cl)cc1)C(=O)c1ccncc1)N1CCN(Cc2ccc3c(c2)OCO3)CC1. The second-order valence-corrected chi connectivity index (χ2v) is 9.18. The summed E-state index contributed by atoms with van der Waals surface area (Å²) in [5.74, 6) is 1.01. The van der Waals surface area contributed by atoms with E-state index >= 15 is 0 Å². The number of pyridine rings is 1. The van der Waals surface area contributed by atoms with Crippen molar-refractivity contribution in [2.45, 2.75) is 6.54 Å². The molecule has 2 aliphatic rings. The number of rotatable bonds is 7. The standard InChI is InChI=1S/C27H26ClN5O4/c28-23-4-1-20(2-5-23)16-30-33(27(35)22-7-9-29-10-8-22)18-26(34)32-13-11-31(12-14-32)17-21-3-6-24-25(15-21)37-19-36-24/h1-10,15-16H,11-14,17-19H2/b30-16+. The van der Waals surface area contributed by atoms with Gasteiger partial charge in [0.1, 0.15) is 6.54 Å². The molecule has 5 rings (SSSR count). The van der Waals surface area contributed by atoms with Gasteiger partial charge in [0, 0.05) is 55.7 Å². The minimum absolute atomic E-state index is 0.154. The van der Waals surface area contributed by atoms with Gasteiger partial charge in [-0.2, -0.15) is 5.10 Å². The van der Waals surface area contributed by atoms with Gasteiger partial charge in [0.05, 0.1) is 6.21 Å². The lowest BCUT2D eigenvalue weighted by Crippen LogP contribution is -2.51. The van der Waals surface area contributed by atoms with E-state index in [1.54, 1.807) is 47.5 Å². The molecule has 0 unspecified atom stereocenters. The summed E-state index contributed by atoms with van der Waals surface area (Å²) >= 11 is 5.96. The molecule has 10 heteroatoms. The van der Waals surface area contributed by atoms with Crippen LogP contribution in [-0.4, -0.2) is 77.3 Å². The van der Waals surface area contributed by atoms with E-state index in [0.29, 0.717) is 23.7 Å². The number of amides is 2. The first kappa shape index (κ1) is 24.7. The van der Waals surface area contributed by atoms with Gasteiger partial charge in [-0.05, 0) is 47.5 Å². The molecule has 37 heavy (non-hydrogen) atoms. The third-order valence-corrected chi connectivity index (χ3v) is 6.48. The number of aromatic nitrogens is 1. The minimum Gasteiger partial charge on any atom is -0.454 e. The first-order chi connectivity index (χ1) is 18.0. The highest BCUT2D eigenvalue weighted by molar-refractivity contribution is 6.30. The number of hydrogen-bond donors (Lipinski definition) is 0. The number of ether oxygens (including phenoxy) is 2. The van der Waals surface area contributed by atoms with E-state index in [-0.39, 0.29) is 25.2 Å². The topological polar surface area (TPSA) is 87.6 Å². The van der Waals surface area contributed by atoms with Crippen molar-refractivity contribution in [3.8, 4) is 11.5 Å². The van der Waals surface area contributed by atoms with Gasteiger partial charge >= 0.3 is 0 Å². The van der Waals surface area contributed by atoms with Crippen LogP contribution in [0.2, 0.25) is 5.02 Å². The lowest BCUT2D eigenvalue weighted by Gasteiger charge is -2.35. The molecule has 2 amide bonds. The van der Waals surface area contributed by atoms with Gasteiger partial charge in [-0.15, -0.1) is 0 Å². The Hall–Kier alpha value is -3.95. The van der Waals surface area contributed by atoms with E-state index in [0.717, 1.165) is 42.3 Å².